The minimum atomic E-state index is 0.0257. The SMILES string of the molecule is CCN(c1ccccc1)c1nc(C)cc(C(=O)N2CCCCCC2)n1. The molecule has 1 saturated heterocycles. The second-order valence-corrected chi connectivity index (χ2v) is 6.48. The van der Waals surface area contributed by atoms with Crippen molar-refractivity contribution in [2.45, 2.75) is 39.5 Å². The summed E-state index contributed by atoms with van der Waals surface area (Å²) in [5.41, 5.74) is 2.35. The third kappa shape index (κ3) is 4.16. The number of para-hydroxylation sites is 1. The van der Waals surface area contributed by atoms with Gasteiger partial charge in [0.25, 0.3) is 5.91 Å². The predicted octanol–water partition coefficient (Wildman–Crippen LogP) is 3.96. The van der Waals surface area contributed by atoms with Crippen molar-refractivity contribution in [3.05, 3.63) is 47.8 Å². The van der Waals surface area contributed by atoms with Gasteiger partial charge in [-0.15, -0.1) is 0 Å². The highest BCUT2D eigenvalue weighted by atomic mass is 16.2. The minimum Gasteiger partial charge on any atom is -0.337 e. The number of hydrogen-bond acceptors (Lipinski definition) is 4. The lowest BCUT2D eigenvalue weighted by atomic mass is 10.2. The molecule has 0 saturated carbocycles. The molecule has 3 rings (SSSR count). The Balaban J connectivity index is 1.90. The largest absolute Gasteiger partial charge is 0.337 e. The molecule has 132 valence electrons. The molecule has 2 heterocycles. The van der Waals surface area contributed by atoms with Crippen molar-refractivity contribution in [3.63, 3.8) is 0 Å². The van der Waals surface area contributed by atoms with Crippen molar-refractivity contribution in [1.29, 1.82) is 0 Å². The fourth-order valence-corrected chi connectivity index (χ4v) is 3.27. The van der Waals surface area contributed by atoms with Gasteiger partial charge in [0.05, 0.1) is 0 Å². The number of benzene rings is 1. The van der Waals surface area contributed by atoms with Crippen molar-refractivity contribution >= 4 is 17.5 Å². The van der Waals surface area contributed by atoms with Gasteiger partial charge in [-0.25, -0.2) is 9.97 Å². The highest BCUT2D eigenvalue weighted by Gasteiger charge is 2.21. The first-order valence-corrected chi connectivity index (χ1v) is 9.16. The van der Waals surface area contributed by atoms with Crippen LogP contribution in [0.3, 0.4) is 0 Å². The van der Waals surface area contributed by atoms with Gasteiger partial charge in [-0.05, 0) is 44.9 Å². The number of anilines is 2. The molecular weight excluding hydrogens is 312 g/mol. The number of rotatable bonds is 4. The summed E-state index contributed by atoms with van der Waals surface area (Å²) >= 11 is 0. The minimum absolute atomic E-state index is 0.0257. The third-order valence-electron chi connectivity index (χ3n) is 4.58. The number of likely N-dealkylation sites (tertiary alicyclic amines) is 1. The molecule has 5 heteroatoms. The van der Waals surface area contributed by atoms with E-state index in [1.807, 2.05) is 47.1 Å². The zero-order valence-electron chi connectivity index (χ0n) is 15.1. The van der Waals surface area contributed by atoms with Crippen LogP contribution in [0.25, 0.3) is 0 Å². The standard InChI is InChI=1S/C20H26N4O/c1-3-24(17-11-7-6-8-12-17)20-21-16(2)15-18(22-20)19(25)23-13-9-4-5-10-14-23/h6-8,11-12,15H,3-5,9-10,13-14H2,1-2H3. The second kappa shape index (κ2) is 8.10. The molecule has 25 heavy (non-hydrogen) atoms. The number of nitrogens with zero attached hydrogens (tertiary/aromatic N) is 4. The number of carbonyl (C=O) groups is 1. The lowest BCUT2D eigenvalue weighted by molar-refractivity contribution is 0.0755. The van der Waals surface area contributed by atoms with E-state index >= 15 is 0 Å². The van der Waals surface area contributed by atoms with Gasteiger partial charge in [0.15, 0.2) is 0 Å². The molecule has 5 nitrogen and oxygen atoms in total. The van der Waals surface area contributed by atoms with E-state index in [0.29, 0.717) is 11.6 Å². The van der Waals surface area contributed by atoms with E-state index in [4.69, 9.17) is 0 Å². The molecule has 0 N–H and O–H groups in total. The molecule has 1 aliphatic heterocycles. The molecule has 0 spiro atoms. The van der Waals surface area contributed by atoms with Gasteiger partial charge < -0.3 is 9.80 Å². The average molecular weight is 338 g/mol. The quantitative estimate of drug-likeness (QED) is 0.847. The van der Waals surface area contributed by atoms with Gasteiger partial charge in [-0.2, -0.15) is 0 Å². The Bertz CT molecular complexity index is 709. The first kappa shape index (κ1) is 17.4. The van der Waals surface area contributed by atoms with Crippen LogP contribution in [0.5, 0.6) is 0 Å². The van der Waals surface area contributed by atoms with Gasteiger partial charge in [0.1, 0.15) is 5.69 Å². The van der Waals surface area contributed by atoms with Crippen molar-refractivity contribution < 1.29 is 4.79 Å². The van der Waals surface area contributed by atoms with Crippen LogP contribution < -0.4 is 4.90 Å². The fourth-order valence-electron chi connectivity index (χ4n) is 3.27. The topological polar surface area (TPSA) is 49.3 Å². The summed E-state index contributed by atoms with van der Waals surface area (Å²) in [6, 6.07) is 11.9. The van der Waals surface area contributed by atoms with E-state index in [9.17, 15) is 4.79 Å². The Morgan fingerprint density at radius 3 is 2.40 bits per heavy atom. The molecule has 1 aromatic carbocycles. The van der Waals surface area contributed by atoms with Gasteiger partial charge in [0.2, 0.25) is 5.95 Å². The van der Waals surface area contributed by atoms with Gasteiger partial charge in [-0.3, -0.25) is 4.79 Å². The molecule has 2 aromatic rings. The summed E-state index contributed by atoms with van der Waals surface area (Å²) in [5.74, 6) is 0.615. The van der Waals surface area contributed by atoms with Gasteiger partial charge in [0, 0.05) is 31.0 Å². The average Bonchev–Trinajstić information content (AvgIpc) is 2.91. The Morgan fingerprint density at radius 1 is 1.08 bits per heavy atom. The lowest BCUT2D eigenvalue weighted by Gasteiger charge is -2.23. The van der Waals surface area contributed by atoms with Crippen molar-refractivity contribution in [1.82, 2.24) is 14.9 Å². The Kier molecular flexibility index (Phi) is 5.64. The molecule has 1 aliphatic rings. The third-order valence-corrected chi connectivity index (χ3v) is 4.58. The summed E-state index contributed by atoms with van der Waals surface area (Å²) in [6.45, 7) is 6.38. The van der Waals surface area contributed by atoms with Crippen LogP contribution in [0, 0.1) is 6.92 Å². The van der Waals surface area contributed by atoms with E-state index in [-0.39, 0.29) is 5.91 Å². The van der Waals surface area contributed by atoms with Crippen LogP contribution in [-0.4, -0.2) is 40.4 Å². The number of hydrogen-bond donors (Lipinski definition) is 0. The first-order chi connectivity index (χ1) is 12.2. The maximum atomic E-state index is 12.9. The van der Waals surface area contributed by atoms with Crippen LogP contribution in [-0.2, 0) is 0 Å². The molecule has 0 bridgehead atoms. The summed E-state index contributed by atoms with van der Waals surface area (Å²) in [7, 11) is 0. The Labute approximate surface area is 149 Å². The van der Waals surface area contributed by atoms with Crippen LogP contribution in [0.4, 0.5) is 11.6 Å². The molecule has 1 fully saturated rings. The lowest BCUT2D eigenvalue weighted by Crippen LogP contribution is -2.33. The molecule has 0 atom stereocenters. The maximum absolute atomic E-state index is 12.9. The normalized spacial score (nSPS) is 14.9. The summed E-state index contributed by atoms with van der Waals surface area (Å²) in [4.78, 5) is 26.1. The molecular formula is C20H26N4O. The van der Waals surface area contributed by atoms with Crippen LogP contribution in [0.1, 0.15) is 48.8 Å². The fraction of sp³-hybridized carbons (Fsp3) is 0.450. The Morgan fingerprint density at radius 2 is 1.76 bits per heavy atom. The monoisotopic (exact) mass is 338 g/mol. The predicted molar refractivity (Wildman–Crippen MR) is 100 cm³/mol. The van der Waals surface area contributed by atoms with E-state index in [2.05, 4.69) is 16.9 Å². The first-order valence-electron chi connectivity index (χ1n) is 9.16. The number of carbonyl (C=O) groups excluding carboxylic acids is 1. The highest BCUT2D eigenvalue weighted by Crippen LogP contribution is 2.22. The van der Waals surface area contributed by atoms with E-state index in [0.717, 1.165) is 43.9 Å². The second-order valence-electron chi connectivity index (χ2n) is 6.48. The van der Waals surface area contributed by atoms with Crippen molar-refractivity contribution in [2.75, 3.05) is 24.5 Å². The van der Waals surface area contributed by atoms with Gasteiger partial charge in [-0.1, -0.05) is 31.0 Å². The smallest absolute Gasteiger partial charge is 0.272 e. The van der Waals surface area contributed by atoms with E-state index < -0.39 is 0 Å². The van der Waals surface area contributed by atoms with Crippen molar-refractivity contribution in [2.24, 2.45) is 0 Å². The zero-order chi connectivity index (χ0) is 17.6. The summed E-state index contributed by atoms with van der Waals surface area (Å²) in [5, 5.41) is 0. The van der Waals surface area contributed by atoms with Gasteiger partial charge >= 0.3 is 0 Å². The summed E-state index contributed by atoms with van der Waals surface area (Å²) < 4.78 is 0. The molecule has 1 aromatic heterocycles. The maximum Gasteiger partial charge on any atom is 0.272 e. The number of aryl methyl sites for hydroxylation is 1. The molecule has 0 unspecified atom stereocenters. The van der Waals surface area contributed by atoms with Crippen LogP contribution in [0.2, 0.25) is 0 Å². The van der Waals surface area contributed by atoms with Crippen molar-refractivity contribution in [3.8, 4) is 0 Å². The summed E-state index contributed by atoms with van der Waals surface area (Å²) in [6.07, 6.45) is 4.56. The van der Waals surface area contributed by atoms with E-state index in [1.165, 1.54) is 12.8 Å². The van der Waals surface area contributed by atoms with Crippen LogP contribution in [0.15, 0.2) is 36.4 Å². The highest BCUT2D eigenvalue weighted by molar-refractivity contribution is 5.92. The molecule has 0 aliphatic carbocycles. The Hall–Kier alpha value is -2.43. The molecule has 1 amide bonds. The van der Waals surface area contributed by atoms with E-state index in [1.54, 1.807) is 6.07 Å². The number of amides is 1. The molecule has 0 radical (unpaired) electrons. The van der Waals surface area contributed by atoms with Crippen LogP contribution >= 0.6 is 0 Å². The zero-order valence-corrected chi connectivity index (χ0v) is 15.1. The number of aromatic nitrogens is 2.